The van der Waals surface area contributed by atoms with Crippen LogP contribution in [0.15, 0.2) is 30.3 Å². The predicted octanol–water partition coefficient (Wildman–Crippen LogP) is 3.22. The molecule has 0 bridgehead atoms. The third kappa shape index (κ3) is 3.08. The molecular formula is C13H18O2. The van der Waals surface area contributed by atoms with E-state index in [-0.39, 0.29) is 11.8 Å². The normalized spacial score (nSPS) is 14.5. The highest BCUT2D eigenvalue weighted by molar-refractivity contribution is 5.66. The zero-order valence-electron chi connectivity index (χ0n) is 9.36. The molecule has 0 aliphatic carbocycles. The number of aliphatic carboxylic acids is 1. The van der Waals surface area contributed by atoms with Gasteiger partial charge >= 0.3 is 5.97 Å². The van der Waals surface area contributed by atoms with Crippen LogP contribution in [0.25, 0.3) is 0 Å². The van der Waals surface area contributed by atoms with Gasteiger partial charge < -0.3 is 5.11 Å². The molecule has 0 amide bonds. The van der Waals surface area contributed by atoms with E-state index >= 15 is 0 Å². The molecule has 1 N–H and O–H groups in total. The first-order chi connectivity index (χ1) is 7.08. The van der Waals surface area contributed by atoms with Crippen LogP contribution in [-0.4, -0.2) is 11.1 Å². The summed E-state index contributed by atoms with van der Waals surface area (Å²) in [5, 5.41) is 8.72. The van der Waals surface area contributed by atoms with Crippen molar-refractivity contribution >= 4 is 5.97 Å². The molecule has 1 aromatic carbocycles. The number of carbonyl (C=O) groups is 1. The van der Waals surface area contributed by atoms with Gasteiger partial charge in [-0.3, -0.25) is 4.79 Å². The van der Waals surface area contributed by atoms with Crippen LogP contribution in [0.2, 0.25) is 0 Å². The van der Waals surface area contributed by atoms with Gasteiger partial charge in [0, 0.05) is 6.42 Å². The summed E-state index contributed by atoms with van der Waals surface area (Å²) in [7, 11) is 0. The van der Waals surface area contributed by atoms with Crippen molar-refractivity contribution in [3.8, 4) is 0 Å². The maximum atomic E-state index is 10.6. The Bertz CT molecular complexity index is 319. The minimum absolute atomic E-state index is 0.0142. The van der Waals surface area contributed by atoms with E-state index in [9.17, 15) is 4.79 Å². The molecule has 0 unspecified atom stereocenters. The van der Waals surface area contributed by atoms with E-state index in [2.05, 4.69) is 26.0 Å². The van der Waals surface area contributed by atoms with Gasteiger partial charge in [0.25, 0.3) is 0 Å². The fraction of sp³-hybridized carbons (Fsp3) is 0.462. The van der Waals surface area contributed by atoms with E-state index in [0.717, 1.165) is 6.42 Å². The van der Waals surface area contributed by atoms with Gasteiger partial charge in [-0.2, -0.15) is 0 Å². The van der Waals surface area contributed by atoms with Crippen LogP contribution in [-0.2, 0) is 10.2 Å². The minimum atomic E-state index is -0.717. The average molecular weight is 206 g/mol. The molecule has 0 aliphatic heterocycles. The molecule has 0 aliphatic rings. The first-order valence-corrected chi connectivity index (χ1v) is 5.36. The molecule has 0 saturated carbocycles. The largest absolute Gasteiger partial charge is 0.481 e. The summed E-state index contributed by atoms with van der Waals surface area (Å²) in [6.45, 7) is 4.24. The minimum Gasteiger partial charge on any atom is -0.481 e. The molecule has 0 aromatic heterocycles. The van der Waals surface area contributed by atoms with Crippen LogP contribution in [0.1, 0.15) is 38.7 Å². The molecular weight excluding hydrogens is 188 g/mol. The van der Waals surface area contributed by atoms with Crippen molar-refractivity contribution in [3.63, 3.8) is 0 Å². The van der Waals surface area contributed by atoms with Gasteiger partial charge in [-0.15, -0.1) is 0 Å². The van der Waals surface area contributed by atoms with Crippen molar-refractivity contribution in [2.75, 3.05) is 0 Å². The first kappa shape index (κ1) is 11.8. The van der Waals surface area contributed by atoms with Crippen molar-refractivity contribution in [1.82, 2.24) is 0 Å². The number of benzene rings is 1. The van der Waals surface area contributed by atoms with E-state index in [0.29, 0.717) is 6.42 Å². The maximum absolute atomic E-state index is 10.6. The molecule has 15 heavy (non-hydrogen) atoms. The Morgan fingerprint density at radius 1 is 1.33 bits per heavy atom. The summed E-state index contributed by atoms with van der Waals surface area (Å²) < 4.78 is 0. The van der Waals surface area contributed by atoms with Crippen LogP contribution in [0.3, 0.4) is 0 Å². The topological polar surface area (TPSA) is 37.3 Å². The molecule has 1 atom stereocenters. The van der Waals surface area contributed by atoms with Crippen molar-refractivity contribution in [3.05, 3.63) is 35.9 Å². The SMILES string of the molecule is CC[C@@](C)(CCC(=O)O)c1ccccc1. The standard InChI is InChI=1S/C13H18O2/c1-3-13(2,10-9-12(14)15)11-7-5-4-6-8-11/h4-8H,3,9-10H2,1-2H3,(H,14,15)/t13-/m0/s1. The lowest BCUT2D eigenvalue weighted by atomic mass is 9.76. The zero-order valence-corrected chi connectivity index (χ0v) is 9.36. The molecule has 1 aromatic rings. The van der Waals surface area contributed by atoms with Crippen LogP contribution in [0.4, 0.5) is 0 Å². The summed E-state index contributed by atoms with van der Waals surface area (Å²) in [6.07, 6.45) is 1.90. The van der Waals surface area contributed by atoms with Gasteiger partial charge in [0.2, 0.25) is 0 Å². The second-order valence-electron chi connectivity index (χ2n) is 4.17. The van der Waals surface area contributed by atoms with Gasteiger partial charge in [0.15, 0.2) is 0 Å². The summed E-state index contributed by atoms with van der Waals surface area (Å²) in [5.41, 5.74) is 1.22. The molecule has 0 fully saturated rings. The third-order valence-corrected chi connectivity index (χ3v) is 3.14. The Kier molecular flexibility index (Phi) is 3.89. The van der Waals surface area contributed by atoms with Crippen LogP contribution < -0.4 is 0 Å². The predicted molar refractivity (Wildman–Crippen MR) is 61.0 cm³/mol. The van der Waals surface area contributed by atoms with Crippen LogP contribution in [0, 0.1) is 0 Å². The quantitative estimate of drug-likeness (QED) is 0.803. The maximum Gasteiger partial charge on any atom is 0.303 e. The average Bonchev–Trinajstić information content (AvgIpc) is 2.27. The Labute approximate surface area is 90.9 Å². The molecule has 2 heteroatoms. The van der Waals surface area contributed by atoms with Crippen LogP contribution >= 0.6 is 0 Å². The number of rotatable bonds is 5. The van der Waals surface area contributed by atoms with E-state index in [4.69, 9.17) is 5.11 Å². The Morgan fingerprint density at radius 3 is 2.40 bits per heavy atom. The molecule has 0 spiro atoms. The molecule has 0 radical (unpaired) electrons. The highest BCUT2D eigenvalue weighted by Crippen LogP contribution is 2.32. The summed E-state index contributed by atoms with van der Waals surface area (Å²) in [5.74, 6) is -0.717. The van der Waals surface area contributed by atoms with E-state index in [1.165, 1.54) is 5.56 Å². The van der Waals surface area contributed by atoms with Crippen molar-refractivity contribution < 1.29 is 9.90 Å². The lowest BCUT2D eigenvalue weighted by Crippen LogP contribution is -2.22. The Morgan fingerprint density at radius 2 is 1.93 bits per heavy atom. The Balaban J connectivity index is 2.80. The Hall–Kier alpha value is -1.31. The third-order valence-electron chi connectivity index (χ3n) is 3.14. The highest BCUT2D eigenvalue weighted by Gasteiger charge is 2.24. The summed E-state index contributed by atoms with van der Waals surface area (Å²) >= 11 is 0. The first-order valence-electron chi connectivity index (χ1n) is 5.36. The van der Waals surface area contributed by atoms with Crippen molar-refractivity contribution in [2.45, 2.75) is 38.5 Å². The zero-order chi connectivity index (χ0) is 11.3. The van der Waals surface area contributed by atoms with Crippen molar-refractivity contribution in [2.24, 2.45) is 0 Å². The molecule has 2 nitrogen and oxygen atoms in total. The summed E-state index contributed by atoms with van der Waals surface area (Å²) in [4.78, 5) is 10.6. The second kappa shape index (κ2) is 4.96. The van der Waals surface area contributed by atoms with Gasteiger partial charge in [0.05, 0.1) is 0 Å². The fourth-order valence-corrected chi connectivity index (χ4v) is 1.75. The van der Waals surface area contributed by atoms with Gasteiger partial charge in [-0.25, -0.2) is 0 Å². The second-order valence-corrected chi connectivity index (χ2v) is 4.17. The monoisotopic (exact) mass is 206 g/mol. The van der Waals surface area contributed by atoms with Crippen molar-refractivity contribution in [1.29, 1.82) is 0 Å². The number of hydrogen-bond acceptors (Lipinski definition) is 1. The van der Waals surface area contributed by atoms with Gasteiger partial charge in [0.1, 0.15) is 0 Å². The van der Waals surface area contributed by atoms with E-state index in [1.807, 2.05) is 18.2 Å². The van der Waals surface area contributed by atoms with Gasteiger partial charge in [-0.1, -0.05) is 44.2 Å². The molecule has 1 rings (SSSR count). The number of carboxylic acid groups (broad SMARTS) is 1. The van der Waals surface area contributed by atoms with Gasteiger partial charge in [-0.05, 0) is 23.8 Å². The summed E-state index contributed by atoms with van der Waals surface area (Å²) in [6, 6.07) is 10.1. The smallest absolute Gasteiger partial charge is 0.303 e. The molecule has 0 heterocycles. The van der Waals surface area contributed by atoms with E-state index in [1.54, 1.807) is 0 Å². The lowest BCUT2D eigenvalue weighted by molar-refractivity contribution is -0.137. The molecule has 0 saturated heterocycles. The van der Waals surface area contributed by atoms with E-state index < -0.39 is 5.97 Å². The number of hydrogen-bond donors (Lipinski definition) is 1. The lowest BCUT2D eigenvalue weighted by Gasteiger charge is -2.28. The fourth-order valence-electron chi connectivity index (χ4n) is 1.75. The molecule has 82 valence electrons. The van der Waals surface area contributed by atoms with Crippen LogP contribution in [0.5, 0.6) is 0 Å². The number of carboxylic acids is 1. The highest BCUT2D eigenvalue weighted by atomic mass is 16.4.